The van der Waals surface area contributed by atoms with Crippen LogP contribution >= 0.6 is 0 Å². The van der Waals surface area contributed by atoms with Crippen molar-refractivity contribution < 1.29 is 17.9 Å². The summed E-state index contributed by atoms with van der Waals surface area (Å²) in [7, 11) is -1.49. The molecule has 1 aromatic rings. The molecule has 0 radical (unpaired) electrons. The molecule has 1 aromatic carbocycles. The molecule has 0 aliphatic rings. The van der Waals surface area contributed by atoms with Gasteiger partial charge in [-0.05, 0) is 18.2 Å². The maximum Gasteiger partial charge on any atom is 0.150 e. The summed E-state index contributed by atoms with van der Waals surface area (Å²) in [5.74, 6) is 6.72. The zero-order chi connectivity index (χ0) is 14.3. The van der Waals surface area contributed by atoms with Crippen LogP contribution in [0.1, 0.15) is 5.56 Å². The van der Waals surface area contributed by atoms with E-state index >= 15 is 0 Å². The van der Waals surface area contributed by atoms with Crippen molar-refractivity contribution in [3.05, 3.63) is 23.8 Å². The molecule has 1 rings (SSSR count). The van der Waals surface area contributed by atoms with Crippen molar-refractivity contribution >= 4 is 9.84 Å². The number of benzene rings is 1. The van der Waals surface area contributed by atoms with Gasteiger partial charge >= 0.3 is 0 Å². The molecule has 0 atom stereocenters. The van der Waals surface area contributed by atoms with Gasteiger partial charge in [-0.2, -0.15) is 0 Å². The van der Waals surface area contributed by atoms with E-state index in [-0.39, 0.29) is 18.9 Å². The van der Waals surface area contributed by atoms with Crippen LogP contribution in [0.2, 0.25) is 0 Å². The van der Waals surface area contributed by atoms with Gasteiger partial charge in [0.2, 0.25) is 0 Å². The zero-order valence-corrected chi connectivity index (χ0v) is 11.8. The van der Waals surface area contributed by atoms with E-state index in [4.69, 9.17) is 15.2 Å². The van der Waals surface area contributed by atoms with Gasteiger partial charge in [-0.1, -0.05) is 11.8 Å². The van der Waals surface area contributed by atoms with Crippen LogP contribution in [0.25, 0.3) is 0 Å². The third-order valence-electron chi connectivity index (χ3n) is 2.22. The number of ether oxygens (including phenoxy) is 2. The molecule has 2 N–H and O–H groups in total. The molecule has 19 heavy (non-hydrogen) atoms. The lowest BCUT2D eigenvalue weighted by Crippen LogP contribution is -2.12. The number of rotatable bonds is 5. The van der Waals surface area contributed by atoms with Crippen molar-refractivity contribution in [2.24, 2.45) is 5.73 Å². The van der Waals surface area contributed by atoms with E-state index in [9.17, 15) is 8.42 Å². The molecule has 0 aromatic heterocycles. The minimum atomic E-state index is -3.04. The molecule has 0 unspecified atom stereocenters. The fraction of sp³-hybridized carbons (Fsp3) is 0.385. The number of nitrogens with two attached hydrogens (primary N) is 1. The second-order valence-corrected chi connectivity index (χ2v) is 6.11. The van der Waals surface area contributed by atoms with E-state index in [1.165, 1.54) is 6.26 Å². The molecule has 0 heterocycles. The Bertz CT molecular complexity index is 584. The molecule has 0 spiro atoms. The minimum absolute atomic E-state index is 0.0389. The van der Waals surface area contributed by atoms with E-state index in [1.807, 2.05) is 0 Å². The van der Waals surface area contributed by atoms with Gasteiger partial charge in [0, 0.05) is 6.26 Å². The van der Waals surface area contributed by atoms with Crippen LogP contribution < -0.4 is 15.2 Å². The molecule has 0 amide bonds. The van der Waals surface area contributed by atoms with Gasteiger partial charge in [-0.15, -0.1) is 0 Å². The van der Waals surface area contributed by atoms with E-state index in [0.717, 1.165) is 0 Å². The van der Waals surface area contributed by atoms with Gasteiger partial charge in [-0.3, -0.25) is 0 Å². The predicted octanol–water partition coefficient (Wildman–Crippen LogP) is 0.429. The van der Waals surface area contributed by atoms with Crippen molar-refractivity contribution in [3.8, 4) is 23.3 Å². The van der Waals surface area contributed by atoms with Gasteiger partial charge in [0.25, 0.3) is 0 Å². The van der Waals surface area contributed by atoms with Crippen molar-refractivity contribution in [3.63, 3.8) is 0 Å². The quantitative estimate of drug-likeness (QED) is 0.793. The number of hydrogen-bond donors (Lipinski definition) is 1. The molecule has 0 saturated heterocycles. The van der Waals surface area contributed by atoms with E-state index in [0.29, 0.717) is 17.1 Å². The number of hydrogen-bond acceptors (Lipinski definition) is 5. The average molecular weight is 283 g/mol. The van der Waals surface area contributed by atoms with Crippen LogP contribution in [0, 0.1) is 11.8 Å². The van der Waals surface area contributed by atoms with Gasteiger partial charge in [0.15, 0.2) is 9.84 Å². The summed E-state index contributed by atoms with van der Waals surface area (Å²) in [4.78, 5) is 0. The highest BCUT2D eigenvalue weighted by Gasteiger charge is 2.06. The molecule has 0 aliphatic carbocycles. The van der Waals surface area contributed by atoms with Crippen LogP contribution in [-0.2, 0) is 9.84 Å². The van der Waals surface area contributed by atoms with Gasteiger partial charge in [0.1, 0.15) is 18.1 Å². The van der Waals surface area contributed by atoms with Crippen molar-refractivity contribution in [1.82, 2.24) is 0 Å². The predicted molar refractivity (Wildman–Crippen MR) is 74.1 cm³/mol. The molecule has 5 nitrogen and oxygen atoms in total. The molecule has 0 bridgehead atoms. The Labute approximate surface area is 113 Å². The molecule has 0 fully saturated rings. The molecule has 0 saturated carbocycles. The van der Waals surface area contributed by atoms with Gasteiger partial charge in [0.05, 0.1) is 25.0 Å². The Balaban J connectivity index is 2.86. The first-order valence-electron chi connectivity index (χ1n) is 5.64. The number of sulfone groups is 1. The summed E-state index contributed by atoms with van der Waals surface area (Å²) in [6.45, 7) is 0.322. The van der Waals surface area contributed by atoms with E-state index in [1.54, 1.807) is 25.3 Å². The third-order valence-corrected chi connectivity index (χ3v) is 3.13. The lowest BCUT2D eigenvalue weighted by Gasteiger charge is -2.09. The van der Waals surface area contributed by atoms with Crippen molar-refractivity contribution in [1.29, 1.82) is 0 Å². The van der Waals surface area contributed by atoms with Crippen molar-refractivity contribution in [2.45, 2.75) is 0 Å². The Morgan fingerprint density at radius 2 is 2.11 bits per heavy atom. The van der Waals surface area contributed by atoms with Crippen molar-refractivity contribution in [2.75, 3.05) is 32.3 Å². The summed E-state index contributed by atoms with van der Waals surface area (Å²) in [6, 6.07) is 5.14. The summed E-state index contributed by atoms with van der Waals surface area (Å²) in [6.07, 6.45) is 1.17. The molecular weight excluding hydrogens is 266 g/mol. The fourth-order valence-electron chi connectivity index (χ4n) is 1.31. The lowest BCUT2D eigenvalue weighted by atomic mass is 10.2. The van der Waals surface area contributed by atoms with Gasteiger partial charge < -0.3 is 15.2 Å². The Morgan fingerprint density at radius 1 is 1.37 bits per heavy atom. The Kier molecular flexibility index (Phi) is 5.67. The first kappa shape index (κ1) is 15.3. The molecule has 6 heteroatoms. The second-order valence-electron chi connectivity index (χ2n) is 3.85. The van der Waals surface area contributed by atoms with Crippen LogP contribution in [-0.4, -0.2) is 40.7 Å². The van der Waals surface area contributed by atoms with E-state index < -0.39 is 9.84 Å². The highest BCUT2D eigenvalue weighted by Crippen LogP contribution is 2.23. The Hall–Kier alpha value is -1.71. The first-order valence-corrected chi connectivity index (χ1v) is 7.70. The lowest BCUT2D eigenvalue weighted by molar-refractivity contribution is 0.339. The molecule has 104 valence electrons. The summed E-state index contributed by atoms with van der Waals surface area (Å²) < 4.78 is 32.6. The fourth-order valence-corrected chi connectivity index (χ4v) is 1.69. The normalized spacial score (nSPS) is 10.5. The minimum Gasteiger partial charge on any atom is -0.497 e. The Morgan fingerprint density at radius 3 is 2.68 bits per heavy atom. The maximum absolute atomic E-state index is 11.0. The summed E-state index contributed by atoms with van der Waals surface area (Å²) in [5.41, 5.74) is 5.95. The summed E-state index contributed by atoms with van der Waals surface area (Å²) >= 11 is 0. The molecular formula is C13H17NO4S. The zero-order valence-electron chi connectivity index (χ0n) is 11.0. The topological polar surface area (TPSA) is 78.6 Å². The standard InChI is InChI=1S/C13H17NO4S/c1-17-12-5-6-13(11(10-12)4-3-7-14)18-8-9-19(2,15)16/h5-6,10H,7-9,14H2,1-2H3. The largest absolute Gasteiger partial charge is 0.497 e. The van der Waals surface area contributed by atoms with E-state index in [2.05, 4.69) is 11.8 Å². The van der Waals surface area contributed by atoms with Crippen LogP contribution in [0.4, 0.5) is 0 Å². The monoisotopic (exact) mass is 283 g/mol. The first-order chi connectivity index (χ1) is 8.96. The van der Waals surface area contributed by atoms with Crippen LogP contribution in [0.3, 0.4) is 0 Å². The highest BCUT2D eigenvalue weighted by molar-refractivity contribution is 7.90. The van der Waals surface area contributed by atoms with Crippen LogP contribution in [0.15, 0.2) is 18.2 Å². The van der Waals surface area contributed by atoms with Gasteiger partial charge in [-0.25, -0.2) is 8.42 Å². The molecule has 0 aliphatic heterocycles. The second kappa shape index (κ2) is 7.02. The SMILES string of the molecule is COc1ccc(OCCS(C)(=O)=O)c(C#CCN)c1. The summed E-state index contributed by atoms with van der Waals surface area (Å²) in [5, 5.41) is 0. The smallest absolute Gasteiger partial charge is 0.150 e. The van der Waals surface area contributed by atoms with Crippen LogP contribution in [0.5, 0.6) is 11.5 Å². The number of methoxy groups -OCH3 is 1. The highest BCUT2D eigenvalue weighted by atomic mass is 32.2. The average Bonchev–Trinajstić information content (AvgIpc) is 2.35. The third kappa shape index (κ3) is 5.64. The maximum atomic E-state index is 11.0.